The van der Waals surface area contributed by atoms with E-state index < -0.39 is 9.04 Å². The highest BCUT2D eigenvalue weighted by atomic mass is 28.3. The molecule has 1 aliphatic rings. The Kier molecular flexibility index (Phi) is 5.72. The van der Waals surface area contributed by atoms with Gasteiger partial charge in [-0.1, -0.05) is 46.0 Å². The molecule has 1 unspecified atom stereocenters. The van der Waals surface area contributed by atoms with Crippen LogP contribution >= 0.6 is 0 Å². The van der Waals surface area contributed by atoms with Gasteiger partial charge in [-0.2, -0.15) is 0 Å². The molecule has 0 aromatic carbocycles. The van der Waals surface area contributed by atoms with Crippen LogP contribution in [-0.4, -0.2) is 15.6 Å². The number of hydrogen-bond donors (Lipinski definition) is 0. The van der Waals surface area contributed by atoms with E-state index in [1.807, 2.05) is 0 Å². The molecule has 0 amide bonds. The summed E-state index contributed by atoms with van der Waals surface area (Å²) in [7, 11) is -0.776. The predicted octanol–water partition coefficient (Wildman–Crippen LogP) is 3.49. The zero-order chi connectivity index (χ0) is 9.52. The Morgan fingerprint density at radius 3 is 2.31 bits per heavy atom. The van der Waals surface area contributed by atoms with Crippen molar-refractivity contribution in [3.8, 4) is 0 Å². The highest BCUT2D eigenvalue weighted by molar-refractivity contribution is 6.53. The summed E-state index contributed by atoms with van der Waals surface area (Å²) in [6, 6.07) is 1.45. The number of rotatable bonds is 5. The zero-order valence-electron chi connectivity index (χ0n) is 9.22. The SMILES string of the molecule is CCCC(CCC)[SiH]1CCCCO1. The first-order valence-electron chi connectivity index (χ1n) is 6.00. The van der Waals surface area contributed by atoms with Crippen molar-refractivity contribution in [2.45, 2.75) is 64.0 Å². The lowest BCUT2D eigenvalue weighted by Crippen LogP contribution is -2.28. The van der Waals surface area contributed by atoms with E-state index in [-0.39, 0.29) is 0 Å². The van der Waals surface area contributed by atoms with Gasteiger partial charge < -0.3 is 4.43 Å². The molecule has 13 heavy (non-hydrogen) atoms. The lowest BCUT2D eigenvalue weighted by Gasteiger charge is -2.28. The second kappa shape index (κ2) is 6.60. The Morgan fingerprint density at radius 2 is 1.85 bits per heavy atom. The first kappa shape index (κ1) is 11.3. The van der Waals surface area contributed by atoms with E-state index in [1.54, 1.807) is 0 Å². The summed E-state index contributed by atoms with van der Waals surface area (Å²) in [4.78, 5) is 0. The smallest absolute Gasteiger partial charge is 0.179 e. The van der Waals surface area contributed by atoms with E-state index in [1.165, 1.54) is 44.6 Å². The molecule has 2 heteroatoms. The molecule has 1 fully saturated rings. The third-order valence-corrected chi connectivity index (χ3v) is 6.42. The fourth-order valence-corrected chi connectivity index (χ4v) is 5.88. The molecule has 0 saturated carbocycles. The van der Waals surface area contributed by atoms with Gasteiger partial charge in [0.2, 0.25) is 0 Å². The zero-order valence-corrected chi connectivity index (χ0v) is 10.4. The minimum atomic E-state index is -0.776. The molecule has 1 saturated heterocycles. The molecule has 1 nitrogen and oxygen atoms in total. The Labute approximate surface area is 84.6 Å². The standard InChI is InChI=1S/C11H24OSi/c1-3-7-11(8-4-2)13-10-6-5-9-12-13/h11,13H,3-10H2,1-2H3. The van der Waals surface area contributed by atoms with Crippen molar-refractivity contribution in [1.82, 2.24) is 0 Å². The van der Waals surface area contributed by atoms with Crippen LogP contribution in [0.1, 0.15) is 52.4 Å². The summed E-state index contributed by atoms with van der Waals surface area (Å²) < 4.78 is 5.98. The fourth-order valence-electron chi connectivity index (χ4n) is 2.40. The van der Waals surface area contributed by atoms with Crippen molar-refractivity contribution < 1.29 is 4.43 Å². The minimum Gasteiger partial charge on any atom is -0.420 e. The molecule has 78 valence electrons. The minimum absolute atomic E-state index is 0.776. The van der Waals surface area contributed by atoms with Gasteiger partial charge in [0, 0.05) is 6.61 Å². The van der Waals surface area contributed by atoms with E-state index in [4.69, 9.17) is 4.43 Å². The average molecular weight is 200 g/mol. The molecule has 1 aliphatic heterocycles. The topological polar surface area (TPSA) is 9.23 Å². The van der Waals surface area contributed by atoms with Crippen LogP contribution < -0.4 is 0 Å². The van der Waals surface area contributed by atoms with Gasteiger partial charge >= 0.3 is 0 Å². The van der Waals surface area contributed by atoms with Crippen LogP contribution in [0.5, 0.6) is 0 Å². The van der Waals surface area contributed by atoms with Crippen molar-refractivity contribution in [1.29, 1.82) is 0 Å². The van der Waals surface area contributed by atoms with Crippen LogP contribution in [0.4, 0.5) is 0 Å². The van der Waals surface area contributed by atoms with Gasteiger partial charge in [-0.25, -0.2) is 0 Å². The van der Waals surface area contributed by atoms with E-state index in [0.29, 0.717) is 0 Å². The maximum Gasteiger partial charge on any atom is 0.179 e. The molecule has 1 heterocycles. The molecular weight excluding hydrogens is 176 g/mol. The summed E-state index contributed by atoms with van der Waals surface area (Å²) in [5.41, 5.74) is 0.982. The third-order valence-electron chi connectivity index (χ3n) is 3.06. The van der Waals surface area contributed by atoms with E-state index in [2.05, 4.69) is 13.8 Å². The summed E-state index contributed by atoms with van der Waals surface area (Å²) >= 11 is 0. The molecule has 0 spiro atoms. The molecule has 1 rings (SSSR count). The van der Waals surface area contributed by atoms with Crippen LogP contribution in [0.2, 0.25) is 11.6 Å². The van der Waals surface area contributed by atoms with Gasteiger partial charge in [-0.3, -0.25) is 0 Å². The van der Waals surface area contributed by atoms with Crippen LogP contribution in [0.15, 0.2) is 0 Å². The highest BCUT2D eigenvalue weighted by Gasteiger charge is 2.24. The van der Waals surface area contributed by atoms with Crippen LogP contribution in [0.25, 0.3) is 0 Å². The van der Waals surface area contributed by atoms with Gasteiger partial charge in [0.25, 0.3) is 0 Å². The summed E-state index contributed by atoms with van der Waals surface area (Å²) in [5, 5.41) is 0. The molecule has 0 aliphatic carbocycles. The second-order valence-electron chi connectivity index (χ2n) is 4.24. The van der Waals surface area contributed by atoms with Gasteiger partial charge in [-0.05, 0) is 18.0 Å². The Morgan fingerprint density at radius 1 is 1.15 bits per heavy atom. The molecular formula is C11H24OSi. The van der Waals surface area contributed by atoms with Gasteiger partial charge in [0.1, 0.15) is 0 Å². The Hall–Kier alpha value is 0.177. The van der Waals surface area contributed by atoms with Crippen molar-refractivity contribution in [3.63, 3.8) is 0 Å². The van der Waals surface area contributed by atoms with Crippen molar-refractivity contribution >= 4 is 9.04 Å². The van der Waals surface area contributed by atoms with Gasteiger partial charge in [0.15, 0.2) is 9.04 Å². The largest absolute Gasteiger partial charge is 0.420 e. The van der Waals surface area contributed by atoms with Crippen molar-refractivity contribution in [2.24, 2.45) is 0 Å². The third kappa shape index (κ3) is 3.82. The molecule has 0 bridgehead atoms. The Balaban J connectivity index is 2.32. The quantitative estimate of drug-likeness (QED) is 0.617. The van der Waals surface area contributed by atoms with Crippen molar-refractivity contribution in [2.75, 3.05) is 6.61 Å². The number of hydrogen-bond acceptors (Lipinski definition) is 1. The first-order valence-corrected chi connectivity index (χ1v) is 7.95. The second-order valence-corrected chi connectivity index (χ2v) is 7.17. The molecule has 0 aromatic rings. The van der Waals surface area contributed by atoms with Gasteiger partial charge in [-0.15, -0.1) is 0 Å². The van der Waals surface area contributed by atoms with Crippen molar-refractivity contribution in [3.05, 3.63) is 0 Å². The summed E-state index contributed by atoms with van der Waals surface area (Å²) in [6.45, 7) is 5.68. The van der Waals surface area contributed by atoms with E-state index in [0.717, 1.165) is 12.1 Å². The summed E-state index contributed by atoms with van der Waals surface area (Å²) in [6.07, 6.45) is 8.29. The van der Waals surface area contributed by atoms with Gasteiger partial charge in [0.05, 0.1) is 0 Å². The highest BCUT2D eigenvalue weighted by Crippen LogP contribution is 2.29. The fraction of sp³-hybridized carbons (Fsp3) is 1.00. The van der Waals surface area contributed by atoms with Crippen LogP contribution in [0.3, 0.4) is 0 Å². The summed E-state index contributed by atoms with van der Waals surface area (Å²) in [5.74, 6) is 0. The maximum atomic E-state index is 5.98. The molecule has 0 N–H and O–H groups in total. The normalized spacial score (nSPS) is 23.8. The lowest BCUT2D eigenvalue weighted by molar-refractivity contribution is 0.275. The average Bonchev–Trinajstić information content (AvgIpc) is 2.19. The first-order chi connectivity index (χ1) is 6.38. The molecule has 0 aromatic heterocycles. The Bertz CT molecular complexity index is 115. The van der Waals surface area contributed by atoms with E-state index in [9.17, 15) is 0 Å². The molecule has 1 atom stereocenters. The van der Waals surface area contributed by atoms with E-state index >= 15 is 0 Å². The molecule has 0 radical (unpaired) electrons. The van der Waals surface area contributed by atoms with Crippen LogP contribution in [-0.2, 0) is 4.43 Å². The lowest BCUT2D eigenvalue weighted by atomic mass is 10.1. The van der Waals surface area contributed by atoms with Crippen LogP contribution in [0, 0.1) is 0 Å². The monoisotopic (exact) mass is 200 g/mol. The maximum absolute atomic E-state index is 5.98. The predicted molar refractivity (Wildman–Crippen MR) is 60.7 cm³/mol.